The minimum Gasteiger partial charge on any atom is -0.495 e. The molecule has 2 heterocycles. The molecule has 0 spiro atoms. The van der Waals surface area contributed by atoms with Crippen molar-refractivity contribution >= 4 is 21.3 Å². The van der Waals surface area contributed by atoms with Crippen LogP contribution in [0.5, 0.6) is 11.5 Å². The van der Waals surface area contributed by atoms with Crippen LogP contribution in [0.25, 0.3) is 5.57 Å². The van der Waals surface area contributed by atoms with Gasteiger partial charge in [-0.25, -0.2) is 13.6 Å². The standard InChI is InChI=1S/C19H23F2N3O4S/c1-3-13-5-4-11-6-12(9-24-15(11)10-23-13)14-7-18(29(22,25)26)17(27-2)8-16(14)28-19(20)21/h4,7-9,13,19,23H,3,5-6,10H2,1-2H3,(H2,22,25,26). The van der Waals surface area contributed by atoms with E-state index < -0.39 is 16.6 Å². The number of nitrogens with zero attached hydrogens (tertiary/aromatic N) is 1. The van der Waals surface area contributed by atoms with E-state index >= 15 is 0 Å². The van der Waals surface area contributed by atoms with E-state index in [0.717, 1.165) is 30.2 Å². The number of ether oxygens (including phenoxy) is 2. The number of aliphatic imine (C=N–C) groups is 1. The summed E-state index contributed by atoms with van der Waals surface area (Å²) in [4.78, 5) is 4.15. The molecule has 158 valence electrons. The minimum atomic E-state index is -4.15. The molecule has 3 N–H and O–H groups in total. The second-order valence-corrected chi connectivity index (χ2v) is 8.31. The van der Waals surface area contributed by atoms with Crippen molar-refractivity contribution in [1.82, 2.24) is 5.32 Å². The highest BCUT2D eigenvalue weighted by Crippen LogP contribution is 2.39. The van der Waals surface area contributed by atoms with Crippen LogP contribution in [0.3, 0.4) is 0 Å². The maximum atomic E-state index is 13.0. The number of halogens is 2. The number of alkyl halides is 2. The highest BCUT2D eigenvalue weighted by molar-refractivity contribution is 7.89. The zero-order valence-corrected chi connectivity index (χ0v) is 16.9. The number of benzene rings is 1. The van der Waals surface area contributed by atoms with Gasteiger partial charge in [-0.05, 0) is 30.1 Å². The summed E-state index contributed by atoms with van der Waals surface area (Å²) in [6.45, 7) is -0.385. The number of primary sulfonamides is 1. The predicted octanol–water partition coefficient (Wildman–Crippen LogP) is 2.83. The summed E-state index contributed by atoms with van der Waals surface area (Å²) in [6.07, 6.45) is 5.84. The Bertz CT molecular complexity index is 987. The van der Waals surface area contributed by atoms with E-state index in [9.17, 15) is 17.2 Å². The average molecular weight is 427 g/mol. The molecule has 0 bridgehead atoms. The van der Waals surface area contributed by atoms with Gasteiger partial charge in [-0.1, -0.05) is 13.0 Å². The van der Waals surface area contributed by atoms with Crippen LogP contribution in [0, 0.1) is 0 Å². The lowest BCUT2D eigenvalue weighted by Gasteiger charge is -2.20. The highest BCUT2D eigenvalue weighted by Gasteiger charge is 2.26. The maximum Gasteiger partial charge on any atom is 0.387 e. The van der Waals surface area contributed by atoms with Gasteiger partial charge < -0.3 is 14.8 Å². The summed E-state index contributed by atoms with van der Waals surface area (Å²) >= 11 is 0. The third-order valence-electron chi connectivity index (χ3n) is 4.96. The molecule has 1 aromatic carbocycles. The summed E-state index contributed by atoms with van der Waals surface area (Å²) in [7, 11) is -2.93. The van der Waals surface area contributed by atoms with Crippen LogP contribution in [-0.2, 0) is 10.0 Å². The first-order chi connectivity index (χ1) is 13.7. The molecule has 3 rings (SSSR count). The Morgan fingerprint density at radius 2 is 2.07 bits per heavy atom. The van der Waals surface area contributed by atoms with Crippen LogP contribution in [-0.4, -0.2) is 40.4 Å². The van der Waals surface area contributed by atoms with Crippen molar-refractivity contribution in [3.05, 3.63) is 35.5 Å². The Kier molecular flexibility index (Phi) is 6.35. The molecule has 0 fully saturated rings. The first-order valence-corrected chi connectivity index (χ1v) is 10.7. The molecule has 29 heavy (non-hydrogen) atoms. The van der Waals surface area contributed by atoms with Crippen LogP contribution >= 0.6 is 0 Å². The lowest BCUT2D eigenvalue weighted by Crippen LogP contribution is -2.31. The molecular formula is C19H23F2N3O4S. The Morgan fingerprint density at radius 1 is 1.31 bits per heavy atom. The van der Waals surface area contributed by atoms with Crippen molar-refractivity contribution in [3.63, 3.8) is 0 Å². The van der Waals surface area contributed by atoms with Crippen molar-refractivity contribution in [1.29, 1.82) is 0 Å². The summed E-state index contributed by atoms with van der Waals surface area (Å²) in [5, 5.41) is 8.70. The number of methoxy groups -OCH3 is 1. The molecule has 0 amide bonds. The van der Waals surface area contributed by atoms with Gasteiger partial charge in [0.05, 0.1) is 12.8 Å². The maximum absolute atomic E-state index is 13.0. The zero-order chi connectivity index (χ0) is 21.2. The van der Waals surface area contributed by atoms with Crippen molar-refractivity contribution in [2.24, 2.45) is 10.1 Å². The van der Waals surface area contributed by atoms with Crippen molar-refractivity contribution in [2.45, 2.75) is 43.7 Å². The zero-order valence-electron chi connectivity index (χ0n) is 16.1. The van der Waals surface area contributed by atoms with E-state index in [1.54, 1.807) is 6.20 Å². The Morgan fingerprint density at radius 3 is 2.69 bits per heavy atom. The Balaban J connectivity index is 2.08. The van der Waals surface area contributed by atoms with E-state index in [1.807, 2.05) is 0 Å². The van der Waals surface area contributed by atoms with Crippen LogP contribution in [0.15, 0.2) is 39.9 Å². The lowest BCUT2D eigenvalue weighted by molar-refractivity contribution is -0.0501. The average Bonchev–Trinajstić information content (AvgIpc) is 2.87. The first-order valence-electron chi connectivity index (χ1n) is 9.11. The fourth-order valence-corrected chi connectivity index (χ4v) is 4.10. The van der Waals surface area contributed by atoms with E-state index in [-0.39, 0.29) is 22.0 Å². The van der Waals surface area contributed by atoms with Crippen LogP contribution in [0.2, 0.25) is 0 Å². The summed E-state index contributed by atoms with van der Waals surface area (Å²) in [5.74, 6) is -0.371. The summed E-state index contributed by atoms with van der Waals surface area (Å²) in [5.41, 5.74) is 2.59. The molecule has 0 aliphatic carbocycles. The Labute approximate surface area is 168 Å². The van der Waals surface area contributed by atoms with Gasteiger partial charge in [-0.2, -0.15) is 8.78 Å². The molecule has 2 aliphatic rings. The molecule has 0 saturated carbocycles. The monoisotopic (exact) mass is 427 g/mol. The van der Waals surface area contributed by atoms with Gasteiger partial charge in [0.2, 0.25) is 10.0 Å². The SMILES string of the molecule is CCC1CC=C2CC(c3cc(S(N)(=O)=O)c(OC)cc3OC(F)F)=CN=C2CN1. The van der Waals surface area contributed by atoms with Crippen LogP contribution < -0.4 is 19.9 Å². The molecule has 1 unspecified atom stereocenters. The number of sulfonamides is 1. The van der Waals surface area contributed by atoms with E-state index in [2.05, 4.69) is 28.0 Å². The van der Waals surface area contributed by atoms with Gasteiger partial charge in [-0.15, -0.1) is 0 Å². The molecule has 7 nitrogen and oxygen atoms in total. The van der Waals surface area contributed by atoms with E-state index in [1.165, 1.54) is 13.2 Å². The third kappa shape index (κ3) is 4.82. The molecule has 0 aromatic heterocycles. The molecule has 2 aliphatic heterocycles. The van der Waals surface area contributed by atoms with Crippen molar-refractivity contribution in [2.75, 3.05) is 13.7 Å². The van der Waals surface area contributed by atoms with Gasteiger partial charge in [0.1, 0.15) is 16.4 Å². The molecule has 0 radical (unpaired) electrons. The van der Waals surface area contributed by atoms with Gasteiger partial charge in [-0.3, -0.25) is 4.99 Å². The highest BCUT2D eigenvalue weighted by atomic mass is 32.2. The smallest absolute Gasteiger partial charge is 0.387 e. The number of hydrogen-bond donors (Lipinski definition) is 2. The fourth-order valence-electron chi connectivity index (χ4n) is 3.39. The topological polar surface area (TPSA) is 103 Å². The van der Waals surface area contributed by atoms with Gasteiger partial charge in [0.15, 0.2) is 0 Å². The lowest BCUT2D eigenvalue weighted by atomic mass is 9.93. The summed E-state index contributed by atoms with van der Waals surface area (Å²) in [6, 6.07) is 2.65. The second kappa shape index (κ2) is 8.60. The minimum absolute atomic E-state index is 0.170. The van der Waals surface area contributed by atoms with E-state index in [4.69, 9.17) is 9.88 Å². The van der Waals surface area contributed by atoms with Crippen molar-refractivity contribution in [3.8, 4) is 11.5 Å². The molecule has 0 saturated heterocycles. The molecular weight excluding hydrogens is 404 g/mol. The van der Waals surface area contributed by atoms with Gasteiger partial charge >= 0.3 is 6.61 Å². The number of hydrogen-bond acceptors (Lipinski definition) is 6. The predicted molar refractivity (Wildman–Crippen MR) is 106 cm³/mol. The number of rotatable bonds is 6. The normalized spacial score (nSPS) is 19.7. The van der Waals surface area contributed by atoms with Gasteiger partial charge in [0, 0.05) is 36.8 Å². The molecule has 10 heteroatoms. The number of fused-ring (bicyclic) bond motifs is 1. The molecule has 1 atom stereocenters. The van der Waals surface area contributed by atoms with Gasteiger partial charge in [0.25, 0.3) is 0 Å². The van der Waals surface area contributed by atoms with Crippen molar-refractivity contribution < 1.29 is 26.7 Å². The van der Waals surface area contributed by atoms with E-state index in [0.29, 0.717) is 24.6 Å². The summed E-state index contributed by atoms with van der Waals surface area (Å²) < 4.78 is 59.5. The van der Waals surface area contributed by atoms with Crippen LogP contribution in [0.4, 0.5) is 8.78 Å². The number of nitrogens with two attached hydrogens (primary N) is 1. The van der Waals surface area contributed by atoms with Crippen LogP contribution in [0.1, 0.15) is 31.7 Å². The largest absolute Gasteiger partial charge is 0.495 e. The first kappa shape index (κ1) is 21.4. The number of allylic oxidation sites excluding steroid dienone is 1. The third-order valence-corrected chi connectivity index (χ3v) is 5.89. The number of nitrogens with one attached hydrogen (secondary N) is 1. The fraction of sp³-hybridized carbons (Fsp3) is 0.421. The second-order valence-electron chi connectivity index (χ2n) is 6.78. The quantitative estimate of drug-likeness (QED) is 0.727. The molecule has 1 aromatic rings. The Hall–Kier alpha value is -2.30.